The highest BCUT2D eigenvalue weighted by Crippen LogP contribution is 1.97. The van der Waals surface area contributed by atoms with Gasteiger partial charge in [0.25, 0.3) is 0 Å². The van der Waals surface area contributed by atoms with E-state index in [0.29, 0.717) is 0 Å². The Hall–Kier alpha value is -0.950. The van der Waals surface area contributed by atoms with Crippen molar-refractivity contribution < 1.29 is 4.79 Å². The monoisotopic (exact) mass is 156 g/mol. The number of hydrogen-bond acceptors (Lipinski definition) is 3. The molecule has 0 heterocycles. The van der Waals surface area contributed by atoms with Crippen molar-refractivity contribution in [1.29, 1.82) is 5.26 Å². The molecule has 4 heteroatoms. The SMILES string of the molecule is CN(C)C(=O)C=CSC#N. The van der Waals surface area contributed by atoms with Gasteiger partial charge in [-0.15, -0.1) is 0 Å². The fourth-order valence-corrected chi connectivity index (χ4v) is 0.517. The maximum atomic E-state index is 10.7. The molecule has 0 spiro atoms. The van der Waals surface area contributed by atoms with Gasteiger partial charge in [-0.2, -0.15) is 5.26 Å². The van der Waals surface area contributed by atoms with Gasteiger partial charge in [0.05, 0.1) is 0 Å². The molecular formula is C6H8N2OS. The van der Waals surface area contributed by atoms with Gasteiger partial charge < -0.3 is 4.90 Å². The Morgan fingerprint density at radius 3 is 2.70 bits per heavy atom. The second kappa shape index (κ2) is 4.89. The van der Waals surface area contributed by atoms with Gasteiger partial charge in [-0.3, -0.25) is 4.79 Å². The second-order valence-corrected chi connectivity index (χ2v) is 2.43. The summed E-state index contributed by atoms with van der Waals surface area (Å²) in [4.78, 5) is 12.2. The summed E-state index contributed by atoms with van der Waals surface area (Å²) in [6.07, 6.45) is 1.36. The highest BCUT2D eigenvalue weighted by atomic mass is 32.2. The van der Waals surface area contributed by atoms with Crippen LogP contribution in [0.4, 0.5) is 0 Å². The quantitative estimate of drug-likeness (QED) is 0.439. The predicted molar refractivity (Wildman–Crippen MR) is 41.0 cm³/mol. The molecule has 0 aromatic heterocycles. The number of hydrogen-bond donors (Lipinski definition) is 0. The number of thiocyanates is 1. The first-order chi connectivity index (χ1) is 4.68. The van der Waals surface area contributed by atoms with Gasteiger partial charge in [0.1, 0.15) is 5.40 Å². The summed E-state index contributed by atoms with van der Waals surface area (Å²) in [6.45, 7) is 0. The van der Waals surface area contributed by atoms with Crippen LogP contribution < -0.4 is 0 Å². The molecule has 0 saturated carbocycles. The van der Waals surface area contributed by atoms with E-state index in [1.165, 1.54) is 16.4 Å². The van der Waals surface area contributed by atoms with Crippen molar-refractivity contribution in [1.82, 2.24) is 4.90 Å². The average Bonchev–Trinajstić information content (AvgIpc) is 1.88. The number of rotatable bonds is 2. The first-order valence-corrected chi connectivity index (χ1v) is 3.49. The van der Waals surface area contributed by atoms with Crippen molar-refractivity contribution in [2.75, 3.05) is 14.1 Å². The molecule has 0 rings (SSSR count). The van der Waals surface area contributed by atoms with Crippen LogP contribution in [0.15, 0.2) is 11.5 Å². The van der Waals surface area contributed by atoms with Gasteiger partial charge in [0.2, 0.25) is 5.91 Å². The van der Waals surface area contributed by atoms with Crippen molar-refractivity contribution in [2.24, 2.45) is 0 Å². The molecule has 0 aromatic carbocycles. The van der Waals surface area contributed by atoms with Crippen LogP contribution in [0.25, 0.3) is 0 Å². The molecule has 0 saturated heterocycles. The van der Waals surface area contributed by atoms with E-state index < -0.39 is 0 Å². The normalized spacial score (nSPS) is 9.30. The first kappa shape index (κ1) is 9.05. The molecule has 0 atom stereocenters. The van der Waals surface area contributed by atoms with Crippen LogP contribution in [0.2, 0.25) is 0 Å². The summed E-state index contributed by atoms with van der Waals surface area (Å²) in [5, 5.41) is 11.3. The molecule has 0 aliphatic rings. The van der Waals surface area contributed by atoms with Crippen molar-refractivity contribution in [2.45, 2.75) is 0 Å². The zero-order chi connectivity index (χ0) is 7.98. The third-order valence-corrected chi connectivity index (χ3v) is 1.15. The molecule has 1 amide bonds. The molecule has 0 radical (unpaired) electrons. The Morgan fingerprint density at radius 1 is 1.70 bits per heavy atom. The summed E-state index contributed by atoms with van der Waals surface area (Å²) in [7, 11) is 3.31. The maximum absolute atomic E-state index is 10.7. The van der Waals surface area contributed by atoms with E-state index >= 15 is 0 Å². The number of likely N-dealkylation sites (N-methyl/N-ethyl adjacent to an activating group) is 1. The van der Waals surface area contributed by atoms with E-state index in [0.717, 1.165) is 11.8 Å². The fourth-order valence-electron chi connectivity index (χ4n) is 0.272. The van der Waals surface area contributed by atoms with Crippen LogP contribution >= 0.6 is 11.8 Å². The molecule has 0 fully saturated rings. The van der Waals surface area contributed by atoms with Crippen LogP contribution in [-0.2, 0) is 4.79 Å². The molecule has 0 aliphatic heterocycles. The lowest BCUT2D eigenvalue weighted by Gasteiger charge is -2.03. The molecule has 0 bridgehead atoms. The van der Waals surface area contributed by atoms with Gasteiger partial charge >= 0.3 is 0 Å². The Bertz CT molecular complexity index is 181. The van der Waals surface area contributed by atoms with Gasteiger partial charge in [-0.1, -0.05) is 0 Å². The summed E-state index contributed by atoms with van der Waals surface area (Å²) in [5.74, 6) is -0.109. The van der Waals surface area contributed by atoms with E-state index in [4.69, 9.17) is 5.26 Å². The standard InChI is InChI=1S/C6H8N2OS/c1-8(2)6(9)3-4-10-5-7/h3-4H,1-2H3. The number of nitrogens with zero attached hydrogens (tertiary/aromatic N) is 2. The van der Waals surface area contributed by atoms with Crippen molar-refractivity contribution >= 4 is 17.7 Å². The predicted octanol–water partition coefficient (Wildman–Crippen LogP) is 0.803. The van der Waals surface area contributed by atoms with Crippen molar-refractivity contribution in [3.63, 3.8) is 0 Å². The van der Waals surface area contributed by atoms with Gasteiger partial charge in [0, 0.05) is 20.2 Å². The minimum absolute atomic E-state index is 0.109. The summed E-state index contributed by atoms with van der Waals surface area (Å²) in [5.41, 5.74) is 0. The minimum Gasteiger partial charge on any atom is -0.345 e. The highest BCUT2D eigenvalue weighted by molar-refractivity contribution is 8.06. The van der Waals surface area contributed by atoms with Gasteiger partial charge in [-0.05, 0) is 17.2 Å². The summed E-state index contributed by atoms with van der Waals surface area (Å²) < 4.78 is 0. The largest absolute Gasteiger partial charge is 0.345 e. The summed E-state index contributed by atoms with van der Waals surface area (Å²) in [6, 6.07) is 0. The van der Waals surface area contributed by atoms with E-state index in [9.17, 15) is 4.79 Å². The lowest BCUT2D eigenvalue weighted by atomic mass is 10.5. The smallest absolute Gasteiger partial charge is 0.246 e. The Balaban J connectivity index is 3.70. The number of carbonyl (C=O) groups is 1. The van der Waals surface area contributed by atoms with Crippen LogP contribution in [0.3, 0.4) is 0 Å². The van der Waals surface area contributed by atoms with Crippen LogP contribution in [0.5, 0.6) is 0 Å². The molecule has 54 valence electrons. The third kappa shape index (κ3) is 3.98. The Labute approximate surface area is 64.3 Å². The molecule has 0 aromatic rings. The molecular weight excluding hydrogens is 148 g/mol. The average molecular weight is 156 g/mol. The Morgan fingerprint density at radius 2 is 2.30 bits per heavy atom. The molecule has 3 nitrogen and oxygen atoms in total. The van der Waals surface area contributed by atoms with Gasteiger partial charge in [-0.25, -0.2) is 0 Å². The highest BCUT2D eigenvalue weighted by Gasteiger charge is 1.94. The fraction of sp³-hybridized carbons (Fsp3) is 0.333. The first-order valence-electron chi connectivity index (χ1n) is 2.61. The zero-order valence-corrected chi connectivity index (χ0v) is 6.68. The maximum Gasteiger partial charge on any atom is 0.246 e. The number of amides is 1. The number of carbonyl (C=O) groups excluding carboxylic acids is 1. The molecule has 10 heavy (non-hydrogen) atoms. The van der Waals surface area contributed by atoms with Crippen LogP contribution in [-0.4, -0.2) is 24.9 Å². The molecule has 0 N–H and O–H groups in total. The minimum atomic E-state index is -0.109. The lowest BCUT2D eigenvalue weighted by molar-refractivity contribution is -0.123. The van der Waals surface area contributed by atoms with Crippen LogP contribution in [0.1, 0.15) is 0 Å². The van der Waals surface area contributed by atoms with E-state index in [2.05, 4.69) is 0 Å². The van der Waals surface area contributed by atoms with E-state index in [-0.39, 0.29) is 5.91 Å². The molecule has 0 aliphatic carbocycles. The number of thioether (sulfide) groups is 1. The molecule has 0 unspecified atom stereocenters. The second-order valence-electron chi connectivity index (χ2n) is 1.74. The topological polar surface area (TPSA) is 44.1 Å². The lowest BCUT2D eigenvalue weighted by Crippen LogP contribution is -2.18. The zero-order valence-electron chi connectivity index (χ0n) is 5.87. The number of nitriles is 1. The van der Waals surface area contributed by atoms with E-state index in [1.807, 2.05) is 5.40 Å². The third-order valence-electron chi connectivity index (χ3n) is 0.772. The van der Waals surface area contributed by atoms with Crippen molar-refractivity contribution in [3.8, 4) is 5.40 Å². The van der Waals surface area contributed by atoms with Crippen molar-refractivity contribution in [3.05, 3.63) is 11.5 Å². The Kier molecular flexibility index (Phi) is 4.42. The van der Waals surface area contributed by atoms with Gasteiger partial charge in [0.15, 0.2) is 0 Å². The summed E-state index contributed by atoms with van der Waals surface area (Å²) >= 11 is 0.931. The van der Waals surface area contributed by atoms with Crippen LogP contribution in [0, 0.1) is 10.7 Å². The van der Waals surface area contributed by atoms with E-state index in [1.54, 1.807) is 14.1 Å².